The molecule has 2 heteroatoms. The summed E-state index contributed by atoms with van der Waals surface area (Å²) >= 11 is 3.92. The number of benzene rings is 2. The second-order valence-electron chi connectivity index (χ2n) is 4.72. The van der Waals surface area contributed by atoms with E-state index in [9.17, 15) is 0 Å². The number of hydrogen-bond donors (Lipinski definition) is 0. The van der Waals surface area contributed by atoms with Gasteiger partial charge in [-0.15, -0.1) is 23.5 Å². The molecule has 0 fully saturated rings. The van der Waals surface area contributed by atoms with Crippen molar-refractivity contribution in [3.05, 3.63) is 48.5 Å². The molecule has 0 unspecified atom stereocenters. The van der Waals surface area contributed by atoms with Gasteiger partial charge in [-0.25, -0.2) is 0 Å². The Labute approximate surface area is 131 Å². The summed E-state index contributed by atoms with van der Waals surface area (Å²) in [6.07, 6.45) is 2.43. The molecule has 0 N–H and O–H groups in total. The summed E-state index contributed by atoms with van der Waals surface area (Å²) in [4.78, 5) is 2.78. The third-order valence-electron chi connectivity index (χ3n) is 2.97. The molecule has 2 aromatic carbocycles. The Bertz CT molecular complexity index is 520. The van der Waals surface area contributed by atoms with Gasteiger partial charge in [0.25, 0.3) is 0 Å². The van der Waals surface area contributed by atoms with Crippen LogP contribution in [0.5, 0.6) is 0 Å². The molecule has 2 rings (SSSR count). The highest BCUT2D eigenvalue weighted by Crippen LogP contribution is 2.35. The van der Waals surface area contributed by atoms with Crippen LogP contribution in [-0.4, -0.2) is 11.5 Å². The molecule has 0 spiro atoms. The minimum absolute atomic E-state index is 1.18. The molecule has 0 aliphatic rings. The number of thioether (sulfide) groups is 2. The molecule has 0 heterocycles. The van der Waals surface area contributed by atoms with Gasteiger partial charge in [-0.3, -0.25) is 0 Å². The van der Waals surface area contributed by atoms with Crippen molar-refractivity contribution in [1.82, 2.24) is 0 Å². The van der Waals surface area contributed by atoms with Gasteiger partial charge in [0.2, 0.25) is 0 Å². The summed E-state index contributed by atoms with van der Waals surface area (Å²) < 4.78 is 0. The molecule has 20 heavy (non-hydrogen) atoms. The second kappa shape index (κ2) is 8.43. The van der Waals surface area contributed by atoms with E-state index in [0.717, 1.165) is 0 Å². The Balaban J connectivity index is 2.32. The van der Waals surface area contributed by atoms with Crippen molar-refractivity contribution in [3.8, 4) is 11.1 Å². The SMILES string of the molecule is CCCSc1ccc(SCCC)c(-c2ccccc2)c1. The van der Waals surface area contributed by atoms with E-state index < -0.39 is 0 Å². The Morgan fingerprint density at radius 2 is 1.50 bits per heavy atom. The van der Waals surface area contributed by atoms with Gasteiger partial charge in [0.15, 0.2) is 0 Å². The smallest absolute Gasteiger partial charge is 0.0151 e. The molecule has 0 bridgehead atoms. The third kappa shape index (κ3) is 4.32. The van der Waals surface area contributed by atoms with Crippen LogP contribution in [0.4, 0.5) is 0 Å². The lowest BCUT2D eigenvalue weighted by Crippen LogP contribution is -1.86. The predicted molar refractivity (Wildman–Crippen MR) is 93.9 cm³/mol. The Hall–Kier alpha value is -0.860. The first-order chi connectivity index (χ1) is 9.85. The van der Waals surface area contributed by atoms with Gasteiger partial charge in [-0.1, -0.05) is 44.2 Å². The fourth-order valence-electron chi connectivity index (χ4n) is 2.00. The van der Waals surface area contributed by atoms with Crippen LogP contribution in [0.25, 0.3) is 11.1 Å². The first-order valence-electron chi connectivity index (χ1n) is 7.30. The molecule has 0 amide bonds. The molecule has 0 saturated heterocycles. The van der Waals surface area contributed by atoms with Gasteiger partial charge in [-0.2, -0.15) is 0 Å². The Kier molecular flexibility index (Phi) is 6.55. The topological polar surface area (TPSA) is 0 Å². The average Bonchev–Trinajstić information content (AvgIpc) is 2.52. The van der Waals surface area contributed by atoms with E-state index in [2.05, 4.69) is 62.4 Å². The Morgan fingerprint density at radius 1 is 0.800 bits per heavy atom. The van der Waals surface area contributed by atoms with Crippen molar-refractivity contribution in [2.45, 2.75) is 36.5 Å². The van der Waals surface area contributed by atoms with Crippen LogP contribution in [0.2, 0.25) is 0 Å². The van der Waals surface area contributed by atoms with Crippen molar-refractivity contribution in [2.75, 3.05) is 11.5 Å². The quantitative estimate of drug-likeness (QED) is 0.546. The van der Waals surface area contributed by atoms with E-state index in [-0.39, 0.29) is 0 Å². The molecule has 0 aromatic heterocycles. The zero-order chi connectivity index (χ0) is 14.2. The van der Waals surface area contributed by atoms with Gasteiger partial charge < -0.3 is 0 Å². The van der Waals surface area contributed by atoms with Gasteiger partial charge >= 0.3 is 0 Å². The molecule has 106 valence electrons. The molecule has 2 aromatic rings. The summed E-state index contributed by atoms with van der Waals surface area (Å²) in [6.45, 7) is 4.47. The highest BCUT2D eigenvalue weighted by atomic mass is 32.2. The zero-order valence-corrected chi connectivity index (χ0v) is 13.9. The van der Waals surface area contributed by atoms with Crippen LogP contribution >= 0.6 is 23.5 Å². The second-order valence-corrected chi connectivity index (χ2v) is 7.03. The lowest BCUT2D eigenvalue weighted by atomic mass is 10.1. The van der Waals surface area contributed by atoms with E-state index in [1.807, 2.05) is 23.5 Å². The maximum absolute atomic E-state index is 2.35. The minimum Gasteiger partial charge on any atom is -0.126 e. The summed E-state index contributed by atoms with van der Waals surface area (Å²) in [5, 5.41) is 0. The summed E-state index contributed by atoms with van der Waals surface area (Å²) in [6, 6.07) is 17.7. The van der Waals surface area contributed by atoms with Crippen LogP contribution in [0.3, 0.4) is 0 Å². The van der Waals surface area contributed by atoms with Crippen molar-refractivity contribution < 1.29 is 0 Å². The molecular formula is C18H22S2. The van der Waals surface area contributed by atoms with Gasteiger partial charge in [-0.05, 0) is 53.7 Å². The fraction of sp³-hybridized carbons (Fsp3) is 0.333. The first-order valence-corrected chi connectivity index (χ1v) is 9.27. The normalized spacial score (nSPS) is 10.7. The number of rotatable bonds is 7. The summed E-state index contributed by atoms with van der Waals surface area (Å²) in [5.41, 5.74) is 2.70. The highest BCUT2D eigenvalue weighted by molar-refractivity contribution is 7.99. The van der Waals surface area contributed by atoms with Crippen molar-refractivity contribution in [3.63, 3.8) is 0 Å². The average molecular weight is 303 g/mol. The molecule has 0 aliphatic carbocycles. The van der Waals surface area contributed by atoms with E-state index in [0.29, 0.717) is 0 Å². The summed E-state index contributed by atoms with van der Waals surface area (Å²) in [5.74, 6) is 2.37. The van der Waals surface area contributed by atoms with Crippen LogP contribution in [-0.2, 0) is 0 Å². The van der Waals surface area contributed by atoms with Crippen LogP contribution in [0.15, 0.2) is 58.3 Å². The lowest BCUT2D eigenvalue weighted by Gasteiger charge is -2.11. The third-order valence-corrected chi connectivity index (χ3v) is 5.45. The van der Waals surface area contributed by atoms with Crippen LogP contribution < -0.4 is 0 Å². The standard InChI is InChI=1S/C18H22S2/c1-3-12-19-16-10-11-18(20-13-4-2)17(14-16)15-8-6-5-7-9-15/h5-11,14H,3-4,12-13H2,1-2H3. The van der Waals surface area contributed by atoms with Crippen molar-refractivity contribution >= 4 is 23.5 Å². The van der Waals surface area contributed by atoms with Gasteiger partial charge in [0.05, 0.1) is 0 Å². The van der Waals surface area contributed by atoms with Gasteiger partial charge in [0.1, 0.15) is 0 Å². The summed E-state index contributed by atoms with van der Waals surface area (Å²) in [7, 11) is 0. The molecule has 0 aliphatic heterocycles. The largest absolute Gasteiger partial charge is 0.126 e. The van der Waals surface area contributed by atoms with Crippen molar-refractivity contribution in [1.29, 1.82) is 0 Å². The maximum atomic E-state index is 2.35. The van der Waals surface area contributed by atoms with Crippen LogP contribution in [0.1, 0.15) is 26.7 Å². The molecule has 0 nitrogen and oxygen atoms in total. The Morgan fingerprint density at radius 3 is 2.20 bits per heavy atom. The fourth-order valence-corrected chi connectivity index (χ4v) is 3.73. The predicted octanol–water partition coefficient (Wildman–Crippen LogP) is 6.36. The zero-order valence-electron chi connectivity index (χ0n) is 12.3. The van der Waals surface area contributed by atoms with Gasteiger partial charge in [0, 0.05) is 9.79 Å². The molecular weight excluding hydrogens is 280 g/mol. The van der Waals surface area contributed by atoms with E-state index in [1.165, 1.54) is 45.3 Å². The maximum Gasteiger partial charge on any atom is 0.0151 e. The molecule has 0 saturated carbocycles. The first kappa shape index (κ1) is 15.5. The molecule has 0 atom stereocenters. The van der Waals surface area contributed by atoms with Crippen LogP contribution in [0, 0.1) is 0 Å². The minimum atomic E-state index is 1.18. The number of hydrogen-bond acceptors (Lipinski definition) is 2. The van der Waals surface area contributed by atoms with E-state index in [4.69, 9.17) is 0 Å². The van der Waals surface area contributed by atoms with Crippen molar-refractivity contribution in [2.24, 2.45) is 0 Å². The van der Waals surface area contributed by atoms with E-state index >= 15 is 0 Å². The monoisotopic (exact) mass is 302 g/mol. The molecule has 0 radical (unpaired) electrons. The highest BCUT2D eigenvalue weighted by Gasteiger charge is 2.07. The lowest BCUT2D eigenvalue weighted by molar-refractivity contribution is 1.10. The van der Waals surface area contributed by atoms with E-state index in [1.54, 1.807) is 0 Å².